The van der Waals surface area contributed by atoms with Gasteiger partial charge in [0.2, 0.25) is 0 Å². The van der Waals surface area contributed by atoms with Gasteiger partial charge < -0.3 is 4.74 Å². The van der Waals surface area contributed by atoms with E-state index in [0.717, 1.165) is 59.0 Å². The van der Waals surface area contributed by atoms with E-state index in [2.05, 4.69) is 45.7 Å². The fraction of sp³-hybridized carbons (Fsp3) is 0.667. The van der Waals surface area contributed by atoms with Crippen molar-refractivity contribution >= 4 is 86.5 Å². The number of ketones is 1. The molecule has 3 aromatic rings. The Morgan fingerprint density at radius 2 is 0.977 bits per heavy atom. The average Bonchev–Trinajstić information content (AvgIpc) is 3.55. The minimum absolute atomic E-state index is 0.180. The van der Waals surface area contributed by atoms with Crippen LogP contribution >= 0.6 is 54.5 Å². The standard InChI is InChI=1S/C36H52Br2O3S2/c1-3-5-7-9-11-13-15-17-19-21-23-29(39)32-27-25-30(37)43-35(27)33(28-26-31(38)42-34(28)32)36(40)41-24-22-20-18-16-14-12-10-8-6-4-2/h25-26H,3-24H2,1-2H3. The Morgan fingerprint density at radius 1 is 0.581 bits per heavy atom. The van der Waals surface area contributed by atoms with E-state index in [0.29, 0.717) is 18.6 Å². The van der Waals surface area contributed by atoms with Gasteiger partial charge in [-0.05, 0) is 56.8 Å². The maximum Gasteiger partial charge on any atom is 0.340 e. The van der Waals surface area contributed by atoms with Crippen LogP contribution in [-0.2, 0) is 4.74 Å². The van der Waals surface area contributed by atoms with Crippen molar-refractivity contribution < 1.29 is 14.3 Å². The first kappa shape index (κ1) is 36.7. The predicted octanol–water partition coefficient (Wildman–Crippen LogP) is 14.2. The largest absolute Gasteiger partial charge is 0.462 e. The number of benzene rings is 1. The van der Waals surface area contributed by atoms with E-state index < -0.39 is 0 Å². The molecule has 7 heteroatoms. The van der Waals surface area contributed by atoms with Crippen LogP contribution < -0.4 is 0 Å². The SMILES string of the molecule is CCCCCCCCCCCCOC(=O)c1c2cc(Br)sc2c(C(=O)CCCCCCCCCCCC)c2cc(Br)sc12. The molecule has 0 spiro atoms. The molecule has 43 heavy (non-hydrogen) atoms. The van der Waals surface area contributed by atoms with Crippen LogP contribution in [0.25, 0.3) is 20.2 Å². The summed E-state index contributed by atoms with van der Waals surface area (Å²) in [5, 5.41) is 1.71. The number of carbonyl (C=O) groups is 2. The number of esters is 1. The van der Waals surface area contributed by atoms with Gasteiger partial charge in [0, 0.05) is 27.5 Å². The molecule has 2 aromatic heterocycles. The summed E-state index contributed by atoms with van der Waals surface area (Å²) in [7, 11) is 0. The van der Waals surface area contributed by atoms with E-state index in [-0.39, 0.29) is 11.8 Å². The van der Waals surface area contributed by atoms with Gasteiger partial charge in [0.15, 0.2) is 5.78 Å². The number of ether oxygens (including phenoxy) is 1. The third-order valence-electron chi connectivity index (χ3n) is 8.37. The van der Waals surface area contributed by atoms with Gasteiger partial charge in [-0.3, -0.25) is 4.79 Å². The molecule has 0 aliphatic carbocycles. The second-order valence-electron chi connectivity index (χ2n) is 12.0. The van der Waals surface area contributed by atoms with Crippen LogP contribution in [0.3, 0.4) is 0 Å². The van der Waals surface area contributed by atoms with Crippen LogP contribution in [0.5, 0.6) is 0 Å². The van der Waals surface area contributed by atoms with Crippen molar-refractivity contribution in [1.29, 1.82) is 0 Å². The zero-order chi connectivity index (χ0) is 30.9. The van der Waals surface area contributed by atoms with Crippen molar-refractivity contribution in [2.45, 2.75) is 149 Å². The molecule has 0 bridgehead atoms. The molecule has 0 atom stereocenters. The van der Waals surface area contributed by atoms with E-state index >= 15 is 0 Å². The molecule has 2 heterocycles. The molecule has 0 aliphatic rings. The first-order chi connectivity index (χ1) is 21.0. The Balaban J connectivity index is 1.55. The fourth-order valence-corrected chi connectivity index (χ4v) is 9.25. The first-order valence-electron chi connectivity index (χ1n) is 17.0. The van der Waals surface area contributed by atoms with Crippen molar-refractivity contribution in [3.05, 3.63) is 30.8 Å². The van der Waals surface area contributed by atoms with Gasteiger partial charge in [-0.15, -0.1) is 22.7 Å². The molecule has 240 valence electrons. The lowest BCUT2D eigenvalue weighted by Crippen LogP contribution is -2.09. The van der Waals surface area contributed by atoms with Crippen molar-refractivity contribution in [2.75, 3.05) is 6.61 Å². The smallest absolute Gasteiger partial charge is 0.340 e. The van der Waals surface area contributed by atoms with Gasteiger partial charge in [-0.25, -0.2) is 4.79 Å². The number of rotatable bonds is 24. The molecule has 0 radical (unpaired) electrons. The summed E-state index contributed by atoms with van der Waals surface area (Å²) in [6.45, 7) is 4.96. The number of carbonyl (C=O) groups excluding carboxylic acids is 2. The fourth-order valence-electron chi connectivity index (χ4n) is 5.91. The summed E-state index contributed by atoms with van der Waals surface area (Å²) < 4.78 is 9.43. The van der Waals surface area contributed by atoms with Crippen LogP contribution in [0.2, 0.25) is 0 Å². The van der Waals surface area contributed by atoms with Gasteiger partial charge in [-0.1, -0.05) is 129 Å². The van der Waals surface area contributed by atoms with Crippen LogP contribution in [0.15, 0.2) is 19.7 Å². The van der Waals surface area contributed by atoms with E-state index in [4.69, 9.17) is 4.74 Å². The Labute approximate surface area is 285 Å². The highest BCUT2D eigenvalue weighted by Crippen LogP contribution is 2.44. The molecule has 0 amide bonds. The van der Waals surface area contributed by atoms with Gasteiger partial charge in [-0.2, -0.15) is 0 Å². The van der Waals surface area contributed by atoms with E-state index in [9.17, 15) is 9.59 Å². The molecule has 0 unspecified atom stereocenters. The van der Waals surface area contributed by atoms with E-state index in [1.165, 1.54) is 114 Å². The van der Waals surface area contributed by atoms with Crippen LogP contribution in [0.1, 0.15) is 169 Å². The van der Waals surface area contributed by atoms with Crippen LogP contribution in [0, 0.1) is 0 Å². The van der Waals surface area contributed by atoms with Crippen LogP contribution in [-0.4, -0.2) is 18.4 Å². The lowest BCUT2D eigenvalue weighted by Gasteiger charge is -2.11. The molecule has 1 aromatic carbocycles. The molecule has 3 rings (SSSR count). The Kier molecular flexibility index (Phi) is 18.0. The maximum atomic E-state index is 13.7. The van der Waals surface area contributed by atoms with Crippen molar-refractivity contribution in [3.63, 3.8) is 0 Å². The number of thiophene rings is 2. The molecule has 0 saturated heterocycles. The Morgan fingerprint density at radius 3 is 1.47 bits per heavy atom. The zero-order valence-electron chi connectivity index (χ0n) is 26.5. The Bertz CT molecular complexity index is 1200. The number of Topliss-reactive ketones (excluding diaryl/α,β-unsaturated/α-hetero) is 1. The summed E-state index contributed by atoms with van der Waals surface area (Å²) >= 11 is 10.3. The molecular weight excluding hydrogens is 704 g/mol. The average molecular weight is 757 g/mol. The summed E-state index contributed by atoms with van der Waals surface area (Å²) in [4.78, 5) is 27.1. The minimum atomic E-state index is -0.278. The summed E-state index contributed by atoms with van der Waals surface area (Å²) in [5.41, 5.74) is 1.37. The molecule has 3 nitrogen and oxygen atoms in total. The quantitative estimate of drug-likeness (QED) is 0.0519. The molecule has 0 saturated carbocycles. The number of halogens is 2. The lowest BCUT2D eigenvalue weighted by atomic mass is 9.96. The van der Waals surface area contributed by atoms with Crippen molar-refractivity contribution in [2.24, 2.45) is 0 Å². The van der Waals surface area contributed by atoms with Gasteiger partial charge >= 0.3 is 5.97 Å². The third-order valence-corrected chi connectivity index (χ3v) is 11.7. The first-order valence-corrected chi connectivity index (χ1v) is 20.2. The second-order valence-corrected chi connectivity index (χ2v) is 16.9. The Hall–Kier alpha value is -0.760. The predicted molar refractivity (Wildman–Crippen MR) is 196 cm³/mol. The number of hydrogen-bond donors (Lipinski definition) is 0. The number of unbranched alkanes of at least 4 members (excludes halogenated alkanes) is 18. The number of fused-ring (bicyclic) bond motifs is 2. The molecular formula is C36H52Br2O3S2. The summed E-state index contributed by atoms with van der Waals surface area (Å²) in [6, 6.07) is 4.00. The van der Waals surface area contributed by atoms with E-state index in [1.54, 1.807) is 11.3 Å². The lowest BCUT2D eigenvalue weighted by molar-refractivity contribution is 0.0502. The highest BCUT2D eigenvalue weighted by molar-refractivity contribution is 9.11. The van der Waals surface area contributed by atoms with Crippen molar-refractivity contribution in [3.8, 4) is 0 Å². The second kappa shape index (κ2) is 21.1. The molecule has 0 fully saturated rings. The maximum absolute atomic E-state index is 13.7. The highest BCUT2D eigenvalue weighted by Gasteiger charge is 2.26. The topological polar surface area (TPSA) is 43.4 Å². The molecule has 0 aliphatic heterocycles. The van der Waals surface area contributed by atoms with Gasteiger partial charge in [0.25, 0.3) is 0 Å². The minimum Gasteiger partial charge on any atom is -0.462 e. The van der Waals surface area contributed by atoms with Gasteiger partial charge in [0.1, 0.15) is 0 Å². The van der Waals surface area contributed by atoms with E-state index in [1.807, 2.05) is 12.1 Å². The van der Waals surface area contributed by atoms with Crippen LogP contribution in [0.4, 0.5) is 0 Å². The monoisotopic (exact) mass is 754 g/mol. The zero-order valence-corrected chi connectivity index (χ0v) is 31.3. The van der Waals surface area contributed by atoms with Gasteiger partial charge in [0.05, 0.1) is 24.4 Å². The highest BCUT2D eigenvalue weighted by atomic mass is 79.9. The third kappa shape index (κ3) is 12.2. The number of hydrogen-bond acceptors (Lipinski definition) is 5. The molecule has 0 N–H and O–H groups in total. The normalized spacial score (nSPS) is 11.6. The summed E-state index contributed by atoms with van der Waals surface area (Å²) in [5.74, 6) is -0.0984. The van der Waals surface area contributed by atoms with Crippen molar-refractivity contribution in [1.82, 2.24) is 0 Å². The summed E-state index contributed by atoms with van der Waals surface area (Å²) in [6.07, 6.45) is 25.5.